The number of hydrogen-bond acceptors (Lipinski definition) is 4. The van der Waals surface area contributed by atoms with Crippen LogP contribution in [-0.4, -0.2) is 17.6 Å². The molecule has 34 heavy (non-hydrogen) atoms. The first-order chi connectivity index (χ1) is 16.5. The van der Waals surface area contributed by atoms with Gasteiger partial charge >= 0.3 is 0 Å². The number of amides is 1. The Hall–Kier alpha value is -4.04. The number of rotatable bonds is 5. The van der Waals surface area contributed by atoms with Gasteiger partial charge in [0.25, 0.3) is 5.91 Å². The standard InChI is InChI=1S/C27H23NO4.C2H6/c1-3-4-5-6-13-28-27(31)18-7-10-21(17(2)14-18)26-22-11-8-19(29)15-24(22)32-25-16-20(30)9-12-23(25)26;1-2/h7-12,14-16,29H,5-6,13H2,1-2H3,(H,28,31);1-2H3. The molecule has 5 nitrogen and oxygen atoms in total. The summed E-state index contributed by atoms with van der Waals surface area (Å²) in [6, 6.07) is 15.2. The number of benzene rings is 3. The lowest BCUT2D eigenvalue weighted by molar-refractivity contribution is 0.0953. The molecule has 2 aromatic rings. The first-order valence-corrected chi connectivity index (χ1v) is 11.5. The van der Waals surface area contributed by atoms with Crippen molar-refractivity contribution in [1.82, 2.24) is 5.32 Å². The summed E-state index contributed by atoms with van der Waals surface area (Å²) in [5, 5.41) is 13.7. The Balaban J connectivity index is 0.00000158. The molecule has 174 valence electrons. The number of aryl methyl sites for hydroxylation is 1. The molecular weight excluding hydrogens is 426 g/mol. The Morgan fingerprint density at radius 3 is 2.53 bits per heavy atom. The summed E-state index contributed by atoms with van der Waals surface area (Å²) in [7, 11) is 0. The predicted octanol–water partition coefficient (Wildman–Crippen LogP) is 6.14. The number of fused-ring (bicyclic) bond motifs is 2. The van der Waals surface area contributed by atoms with Crippen LogP contribution in [0.1, 0.15) is 49.5 Å². The summed E-state index contributed by atoms with van der Waals surface area (Å²) >= 11 is 0. The highest BCUT2D eigenvalue weighted by Gasteiger charge is 2.19. The van der Waals surface area contributed by atoms with Gasteiger partial charge in [-0.15, -0.1) is 11.8 Å². The van der Waals surface area contributed by atoms with Gasteiger partial charge in [0.15, 0.2) is 5.43 Å². The van der Waals surface area contributed by atoms with Crippen LogP contribution in [-0.2, 0) is 0 Å². The highest BCUT2D eigenvalue weighted by atomic mass is 16.3. The normalized spacial score (nSPS) is 10.2. The molecule has 2 N–H and O–H groups in total. The average molecular weight is 456 g/mol. The summed E-state index contributed by atoms with van der Waals surface area (Å²) < 4.78 is 5.91. The molecule has 0 spiro atoms. The van der Waals surface area contributed by atoms with Gasteiger partial charge in [-0.25, -0.2) is 0 Å². The van der Waals surface area contributed by atoms with Gasteiger partial charge in [0.2, 0.25) is 0 Å². The van der Waals surface area contributed by atoms with Crippen LogP contribution < -0.4 is 10.7 Å². The van der Waals surface area contributed by atoms with Gasteiger partial charge in [-0.1, -0.05) is 19.9 Å². The van der Waals surface area contributed by atoms with Crippen molar-refractivity contribution in [1.29, 1.82) is 0 Å². The van der Waals surface area contributed by atoms with Crippen molar-refractivity contribution in [2.45, 2.75) is 40.5 Å². The molecule has 2 aliphatic rings. The molecule has 0 unspecified atom stereocenters. The van der Waals surface area contributed by atoms with Gasteiger partial charge in [-0.3, -0.25) is 9.59 Å². The molecule has 0 fully saturated rings. The van der Waals surface area contributed by atoms with Crippen LogP contribution in [0.3, 0.4) is 0 Å². The van der Waals surface area contributed by atoms with E-state index in [4.69, 9.17) is 4.42 Å². The van der Waals surface area contributed by atoms with E-state index in [0.717, 1.165) is 40.5 Å². The first kappa shape index (κ1) is 24.6. The van der Waals surface area contributed by atoms with Crippen molar-refractivity contribution in [3.8, 4) is 40.0 Å². The maximum atomic E-state index is 12.6. The van der Waals surface area contributed by atoms with E-state index in [1.54, 1.807) is 31.2 Å². The van der Waals surface area contributed by atoms with E-state index >= 15 is 0 Å². The van der Waals surface area contributed by atoms with Crippen LogP contribution >= 0.6 is 0 Å². The number of hydrogen-bond donors (Lipinski definition) is 2. The molecule has 4 rings (SSSR count). The molecule has 2 aromatic carbocycles. The van der Waals surface area contributed by atoms with E-state index in [1.165, 1.54) is 18.2 Å². The molecule has 0 saturated carbocycles. The fourth-order valence-electron chi connectivity index (χ4n) is 3.84. The first-order valence-electron chi connectivity index (χ1n) is 11.5. The van der Waals surface area contributed by atoms with Gasteiger partial charge < -0.3 is 14.8 Å². The third-order valence-corrected chi connectivity index (χ3v) is 5.38. The molecule has 0 bridgehead atoms. The third kappa shape index (κ3) is 5.29. The van der Waals surface area contributed by atoms with E-state index in [1.807, 2.05) is 32.9 Å². The molecule has 5 heteroatoms. The number of phenolic OH excluding ortho intramolecular Hbond substituents is 1. The Kier molecular flexibility index (Phi) is 8.10. The lowest BCUT2D eigenvalue weighted by atomic mass is 9.90. The lowest BCUT2D eigenvalue weighted by Gasteiger charge is -2.17. The highest BCUT2D eigenvalue weighted by molar-refractivity contribution is 6.03. The van der Waals surface area contributed by atoms with Crippen molar-refractivity contribution in [2.24, 2.45) is 0 Å². The second kappa shape index (κ2) is 11.2. The van der Waals surface area contributed by atoms with Crippen LogP contribution in [0.15, 0.2) is 63.8 Å². The number of phenols is 1. The van der Waals surface area contributed by atoms with Crippen LogP contribution in [0.25, 0.3) is 33.4 Å². The van der Waals surface area contributed by atoms with Crippen LogP contribution in [0.5, 0.6) is 5.75 Å². The van der Waals surface area contributed by atoms with Gasteiger partial charge in [-0.2, -0.15) is 0 Å². The van der Waals surface area contributed by atoms with Crippen molar-refractivity contribution in [2.75, 3.05) is 6.54 Å². The van der Waals surface area contributed by atoms with Crippen LogP contribution in [0.4, 0.5) is 0 Å². The zero-order valence-corrected chi connectivity index (χ0v) is 20.0. The molecular formula is C29H29NO4. The molecule has 1 heterocycles. The maximum absolute atomic E-state index is 12.6. The summed E-state index contributed by atoms with van der Waals surface area (Å²) in [4.78, 5) is 24.5. The van der Waals surface area contributed by atoms with Gasteiger partial charge in [0.1, 0.15) is 17.1 Å². The predicted molar refractivity (Wildman–Crippen MR) is 137 cm³/mol. The fourth-order valence-corrected chi connectivity index (χ4v) is 3.84. The van der Waals surface area contributed by atoms with E-state index in [2.05, 4.69) is 17.2 Å². The number of carbonyl (C=O) groups excluding carboxylic acids is 1. The largest absolute Gasteiger partial charge is 0.508 e. The zero-order valence-electron chi connectivity index (χ0n) is 20.0. The van der Waals surface area contributed by atoms with Crippen LogP contribution in [0.2, 0.25) is 0 Å². The molecule has 1 aliphatic heterocycles. The third-order valence-electron chi connectivity index (χ3n) is 5.38. The fraction of sp³-hybridized carbons (Fsp3) is 0.241. The minimum absolute atomic E-state index is 0.0819. The number of carbonyl (C=O) groups is 1. The highest BCUT2D eigenvalue weighted by Crippen LogP contribution is 2.41. The van der Waals surface area contributed by atoms with Crippen molar-refractivity contribution in [3.63, 3.8) is 0 Å². The molecule has 1 amide bonds. The minimum atomic E-state index is -0.152. The molecule has 0 radical (unpaired) electrons. The smallest absolute Gasteiger partial charge is 0.251 e. The molecule has 1 aliphatic carbocycles. The van der Waals surface area contributed by atoms with Gasteiger partial charge in [0, 0.05) is 47.2 Å². The lowest BCUT2D eigenvalue weighted by Crippen LogP contribution is -2.24. The summed E-state index contributed by atoms with van der Waals surface area (Å²) in [5.41, 5.74) is 4.44. The summed E-state index contributed by atoms with van der Waals surface area (Å²) in [5.74, 6) is 6.24. The Morgan fingerprint density at radius 2 is 1.79 bits per heavy atom. The quantitative estimate of drug-likeness (QED) is 0.215. The van der Waals surface area contributed by atoms with E-state index in [-0.39, 0.29) is 17.1 Å². The van der Waals surface area contributed by atoms with Crippen molar-refractivity contribution >= 4 is 16.9 Å². The van der Waals surface area contributed by atoms with Crippen molar-refractivity contribution in [3.05, 3.63) is 75.9 Å². The number of nitrogens with one attached hydrogen (secondary N) is 1. The average Bonchev–Trinajstić information content (AvgIpc) is 2.83. The van der Waals surface area contributed by atoms with Crippen molar-refractivity contribution < 1.29 is 14.3 Å². The second-order valence-corrected chi connectivity index (χ2v) is 7.63. The summed E-state index contributed by atoms with van der Waals surface area (Å²) in [6.07, 6.45) is 1.57. The Bertz CT molecular complexity index is 1410. The second-order valence-electron chi connectivity index (χ2n) is 7.63. The topological polar surface area (TPSA) is 79.5 Å². The van der Waals surface area contributed by atoms with Gasteiger partial charge in [-0.05, 0) is 67.8 Å². The maximum Gasteiger partial charge on any atom is 0.251 e. The minimum Gasteiger partial charge on any atom is -0.508 e. The van der Waals surface area contributed by atoms with E-state index in [0.29, 0.717) is 23.5 Å². The van der Waals surface area contributed by atoms with E-state index in [9.17, 15) is 14.7 Å². The molecule has 0 atom stereocenters. The monoisotopic (exact) mass is 455 g/mol. The van der Waals surface area contributed by atoms with Crippen LogP contribution in [0, 0.1) is 18.8 Å². The molecule has 0 aromatic heterocycles. The SMILES string of the molecule is CC.CC#CCCCNC(=O)c1ccc(-c2c3ccc(=O)cc-3oc3cc(O)ccc23)c(C)c1. The summed E-state index contributed by atoms with van der Waals surface area (Å²) in [6.45, 7) is 8.33. The number of aromatic hydroxyl groups is 1. The Labute approximate surface area is 199 Å². The molecule has 0 saturated heterocycles. The number of unbranched alkanes of at least 4 members (excludes halogenated alkanes) is 1. The zero-order chi connectivity index (χ0) is 24.7. The van der Waals surface area contributed by atoms with E-state index < -0.39 is 0 Å². The Morgan fingerprint density at radius 1 is 1.03 bits per heavy atom. The van der Waals surface area contributed by atoms with Gasteiger partial charge in [0.05, 0.1) is 0 Å².